The van der Waals surface area contributed by atoms with Gasteiger partial charge in [-0.25, -0.2) is 9.97 Å². The molecule has 0 saturated carbocycles. The lowest BCUT2D eigenvalue weighted by Gasteiger charge is -2.15. The molecule has 4 rings (SSSR count). The Bertz CT molecular complexity index is 909. The van der Waals surface area contributed by atoms with Crippen molar-refractivity contribution in [2.75, 3.05) is 0 Å². The molecule has 3 aromatic rings. The van der Waals surface area contributed by atoms with Crippen molar-refractivity contribution in [3.8, 4) is 11.4 Å². The molecule has 3 heterocycles. The summed E-state index contributed by atoms with van der Waals surface area (Å²) in [7, 11) is 0. The minimum atomic E-state index is 0.321. The third-order valence-corrected chi connectivity index (χ3v) is 4.22. The van der Waals surface area contributed by atoms with Crippen molar-refractivity contribution in [2.45, 2.75) is 26.4 Å². The van der Waals surface area contributed by atoms with Crippen molar-refractivity contribution in [3.63, 3.8) is 0 Å². The van der Waals surface area contributed by atoms with Gasteiger partial charge in [0.15, 0.2) is 0 Å². The second-order valence-corrected chi connectivity index (χ2v) is 6.61. The van der Waals surface area contributed by atoms with Gasteiger partial charge in [-0.1, -0.05) is 18.2 Å². The van der Waals surface area contributed by atoms with Crippen LogP contribution in [0.4, 0.5) is 0 Å². The van der Waals surface area contributed by atoms with Gasteiger partial charge in [0.25, 0.3) is 0 Å². The summed E-state index contributed by atoms with van der Waals surface area (Å²) < 4.78 is 4.30. The number of aromatic nitrogens is 5. The second-order valence-electron chi connectivity index (χ2n) is 6.61. The Morgan fingerprint density at radius 2 is 2.04 bits per heavy atom. The quantitative estimate of drug-likeness (QED) is 0.642. The highest BCUT2D eigenvalue weighted by molar-refractivity contribution is 5.60. The van der Waals surface area contributed by atoms with Crippen LogP contribution in [0.3, 0.4) is 0 Å². The zero-order valence-corrected chi connectivity index (χ0v) is 14.4. The summed E-state index contributed by atoms with van der Waals surface area (Å²) in [6.07, 6.45) is 20.0. The molecule has 0 saturated heterocycles. The van der Waals surface area contributed by atoms with Crippen LogP contribution in [0.5, 0.6) is 0 Å². The van der Waals surface area contributed by atoms with E-state index in [4.69, 9.17) is 0 Å². The van der Waals surface area contributed by atoms with E-state index in [1.54, 1.807) is 6.20 Å². The van der Waals surface area contributed by atoms with Crippen molar-refractivity contribution in [2.24, 2.45) is 5.92 Å². The zero-order valence-electron chi connectivity index (χ0n) is 14.4. The lowest BCUT2D eigenvalue weighted by Crippen LogP contribution is -2.06. The van der Waals surface area contributed by atoms with Crippen molar-refractivity contribution >= 4 is 6.08 Å². The van der Waals surface area contributed by atoms with E-state index >= 15 is 0 Å². The summed E-state index contributed by atoms with van der Waals surface area (Å²) in [6, 6.07) is 2.48. The lowest BCUT2D eigenvalue weighted by molar-refractivity contribution is 0.602. The van der Waals surface area contributed by atoms with Crippen LogP contribution in [0.25, 0.3) is 17.5 Å². The van der Waals surface area contributed by atoms with Gasteiger partial charge in [0.1, 0.15) is 5.82 Å². The molecule has 0 spiro atoms. The van der Waals surface area contributed by atoms with E-state index in [1.807, 2.05) is 35.7 Å². The molecule has 0 radical (unpaired) electrons. The first kappa shape index (κ1) is 15.6. The summed E-state index contributed by atoms with van der Waals surface area (Å²) in [5, 5.41) is 0. The molecule has 0 unspecified atom stereocenters. The lowest BCUT2D eigenvalue weighted by atomic mass is 10.2. The molecule has 5 nitrogen and oxygen atoms in total. The Balaban J connectivity index is 1.66. The highest BCUT2D eigenvalue weighted by atomic mass is 15.1. The molecular formula is C20H21N5. The van der Waals surface area contributed by atoms with Gasteiger partial charge in [-0.15, -0.1) is 0 Å². The fourth-order valence-corrected chi connectivity index (χ4v) is 2.94. The number of hydrogen-bond acceptors (Lipinski definition) is 3. The van der Waals surface area contributed by atoms with Gasteiger partial charge < -0.3 is 9.13 Å². The molecule has 1 aliphatic carbocycles. The monoisotopic (exact) mass is 331 g/mol. The third kappa shape index (κ3) is 3.45. The molecule has 0 N–H and O–H groups in total. The molecule has 0 aliphatic heterocycles. The number of rotatable bonds is 6. The van der Waals surface area contributed by atoms with Crippen molar-refractivity contribution < 1.29 is 0 Å². The largest absolute Gasteiger partial charge is 0.333 e. The van der Waals surface area contributed by atoms with E-state index in [9.17, 15) is 0 Å². The maximum Gasteiger partial charge on any atom is 0.142 e. The molecule has 0 fully saturated rings. The summed E-state index contributed by atoms with van der Waals surface area (Å²) in [5.74, 6) is 1.47. The van der Waals surface area contributed by atoms with E-state index < -0.39 is 0 Å². The maximum absolute atomic E-state index is 4.68. The SMILES string of the molecule is CC(C)n1c(/C=C/C2C=C2)cnc1-c1cncc(Cn2ccnc2)c1. The summed E-state index contributed by atoms with van der Waals surface area (Å²) >= 11 is 0. The molecule has 0 bridgehead atoms. The van der Waals surface area contributed by atoms with Crippen LogP contribution in [0.2, 0.25) is 0 Å². The third-order valence-electron chi connectivity index (χ3n) is 4.22. The molecule has 3 aromatic heterocycles. The van der Waals surface area contributed by atoms with Crippen molar-refractivity contribution in [3.05, 3.63) is 72.9 Å². The van der Waals surface area contributed by atoms with E-state index in [2.05, 4.69) is 63.7 Å². The average molecular weight is 331 g/mol. The molecule has 0 aromatic carbocycles. The van der Waals surface area contributed by atoms with E-state index in [0.29, 0.717) is 12.0 Å². The molecular weight excluding hydrogens is 310 g/mol. The van der Waals surface area contributed by atoms with Gasteiger partial charge in [0.2, 0.25) is 0 Å². The number of hydrogen-bond donors (Lipinski definition) is 0. The Morgan fingerprint density at radius 1 is 1.16 bits per heavy atom. The fourth-order valence-electron chi connectivity index (χ4n) is 2.94. The van der Waals surface area contributed by atoms with Crippen LogP contribution in [-0.4, -0.2) is 24.1 Å². The first-order valence-corrected chi connectivity index (χ1v) is 8.54. The van der Waals surface area contributed by atoms with Crippen LogP contribution in [0, 0.1) is 5.92 Å². The Kier molecular flexibility index (Phi) is 4.06. The molecule has 126 valence electrons. The number of imidazole rings is 2. The molecule has 0 amide bonds. The van der Waals surface area contributed by atoms with Crippen molar-refractivity contribution in [1.82, 2.24) is 24.1 Å². The fraction of sp³-hybridized carbons (Fsp3) is 0.250. The predicted molar refractivity (Wildman–Crippen MR) is 98.8 cm³/mol. The van der Waals surface area contributed by atoms with E-state index in [0.717, 1.165) is 29.2 Å². The predicted octanol–water partition coefficient (Wildman–Crippen LogP) is 3.97. The molecule has 25 heavy (non-hydrogen) atoms. The first-order chi connectivity index (χ1) is 12.2. The second kappa shape index (κ2) is 6.51. The summed E-state index contributed by atoms with van der Waals surface area (Å²) in [5.41, 5.74) is 3.29. The van der Waals surface area contributed by atoms with Crippen LogP contribution in [0.1, 0.15) is 31.1 Å². The zero-order chi connectivity index (χ0) is 17.2. The normalized spacial score (nSPS) is 14.0. The minimum absolute atomic E-state index is 0.321. The highest BCUT2D eigenvalue weighted by Gasteiger charge is 2.15. The minimum Gasteiger partial charge on any atom is -0.333 e. The average Bonchev–Trinajstić information content (AvgIpc) is 3.11. The van der Waals surface area contributed by atoms with E-state index in [1.165, 1.54) is 0 Å². The van der Waals surface area contributed by atoms with Gasteiger partial charge in [0.05, 0.1) is 24.8 Å². The topological polar surface area (TPSA) is 48.5 Å². The van der Waals surface area contributed by atoms with E-state index in [-0.39, 0.29) is 0 Å². The van der Waals surface area contributed by atoms with Crippen LogP contribution in [0.15, 0.2) is 61.6 Å². The van der Waals surface area contributed by atoms with Crippen molar-refractivity contribution in [1.29, 1.82) is 0 Å². The van der Waals surface area contributed by atoms with Gasteiger partial charge in [-0.05, 0) is 31.6 Å². The molecule has 0 atom stereocenters. The van der Waals surface area contributed by atoms with Crippen LogP contribution in [-0.2, 0) is 6.54 Å². The maximum atomic E-state index is 4.68. The van der Waals surface area contributed by atoms with Gasteiger partial charge >= 0.3 is 0 Å². The smallest absolute Gasteiger partial charge is 0.142 e. The first-order valence-electron chi connectivity index (χ1n) is 8.54. The number of pyridine rings is 1. The number of nitrogens with zero attached hydrogens (tertiary/aromatic N) is 5. The summed E-state index contributed by atoms with van der Waals surface area (Å²) in [6.45, 7) is 5.12. The molecule has 1 aliphatic rings. The van der Waals surface area contributed by atoms with Gasteiger partial charge in [0, 0.05) is 42.3 Å². The highest BCUT2D eigenvalue weighted by Crippen LogP contribution is 2.26. The van der Waals surface area contributed by atoms with Crippen LogP contribution >= 0.6 is 0 Å². The molecule has 5 heteroatoms. The Hall–Kier alpha value is -2.95. The number of allylic oxidation sites excluding steroid dienone is 3. The van der Waals surface area contributed by atoms with Gasteiger partial charge in [-0.2, -0.15) is 0 Å². The van der Waals surface area contributed by atoms with Crippen LogP contribution < -0.4 is 0 Å². The standard InChI is InChI=1S/C20H21N5/c1-15(2)25-19(6-5-16-3-4-16)12-23-20(25)18-9-17(10-22-11-18)13-24-8-7-21-14-24/h3-12,14-16H,13H2,1-2H3/b6-5+. The Labute approximate surface area is 147 Å². The summed E-state index contributed by atoms with van der Waals surface area (Å²) in [4.78, 5) is 13.2. The Morgan fingerprint density at radius 3 is 2.76 bits per heavy atom. The van der Waals surface area contributed by atoms with Gasteiger partial charge in [-0.3, -0.25) is 4.98 Å².